The minimum Gasteiger partial charge on any atom is -0.364 e. The number of anilines is 2. The molecule has 1 aromatic heterocycles. The molecule has 0 fully saturated rings. The average molecular weight is 313 g/mol. The molecular weight excluding hydrogens is 298 g/mol. The van der Waals surface area contributed by atoms with E-state index in [0.717, 1.165) is 19.0 Å². The Morgan fingerprint density at radius 1 is 1.24 bits per heavy atom. The molecule has 2 N–H and O–H groups in total. The van der Waals surface area contributed by atoms with E-state index >= 15 is 0 Å². The molecule has 1 aromatic carbocycles. The van der Waals surface area contributed by atoms with Gasteiger partial charge in [0, 0.05) is 24.7 Å². The van der Waals surface area contributed by atoms with E-state index in [2.05, 4.69) is 20.6 Å². The van der Waals surface area contributed by atoms with Crippen LogP contribution in [-0.2, 0) is 6.54 Å². The van der Waals surface area contributed by atoms with Gasteiger partial charge in [0.1, 0.15) is 16.7 Å². The van der Waals surface area contributed by atoms with Crippen molar-refractivity contribution in [2.75, 3.05) is 17.2 Å². The molecule has 2 aromatic rings. The molecule has 7 heteroatoms. The van der Waals surface area contributed by atoms with Crippen molar-refractivity contribution in [2.24, 2.45) is 0 Å². The Morgan fingerprint density at radius 2 is 2.05 bits per heavy atom. The van der Waals surface area contributed by atoms with Crippen molar-refractivity contribution in [2.45, 2.75) is 19.9 Å². The Morgan fingerprint density at radius 3 is 2.76 bits per heavy atom. The maximum atomic E-state index is 13.5. The van der Waals surface area contributed by atoms with Crippen LogP contribution in [0.15, 0.2) is 24.4 Å². The van der Waals surface area contributed by atoms with Gasteiger partial charge in [-0.15, -0.1) is 0 Å². The van der Waals surface area contributed by atoms with E-state index in [1.165, 1.54) is 18.3 Å². The second kappa shape index (κ2) is 7.17. The van der Waals surface area contributed by atoms with E-state index < -0.39 is 11.6 Å². The molecule has 0 amide bonds. The first-order valence-electron chi connectivity index (χ1n) is 6.54. The summed E-state index contributed by atoms with van der Waals surface area (Å²) in [6, 6.07) is 3.42. The lowest BCUT2D eigenvalue weighted by Crippen LogP contribution is -2.08. The maximum absolute atomic E-state index is 13.5. The van der Waals surface area contributed by atoms with Crippen molar-refractivity contribution in [1.29, 1.82) is 0 Å². The first-order chi connectivity index (χ1) is 10.1. The van der Waals surface area contributed by atoms with Gasteiger partial charge < -0.3 is 10.6 Å². The number of nitrogens with one attached hydrogen (secondary N) is 2. The summed E-state index contributed by atoms with van der Waals surface area (Å²) >= 11 is 5.99. The molecule has 0 saturated carbocycles. The largest absolute Gasteiger partial charge is 0.364 e. The normalized spacial score (nSPS) is 10.5. The van der Waals surface area contributed by atoms with Gasteiger partial charge in [0.25, 0.3) is 0 Å². The molecule has 0 saturated heterocycles. The highest BCUT2D eigenvalue weighted by atomic mass is 35.5. The minimum absolute atomic E-state index is 0.149. The molecule has 1 heterocycles. The number of benzene rings is 1. The summed E-state index contributed by atoms with van der Waals surface area (Å²) in [6.07, 6.45) is 2.41. The Kier molecular flexibility index (Phi) is 5.27. The number of rotatable bonds is 6. The topological polar surface area (TPSA) is 49.8 Å². The molecule has 21 heavy (non-hydrogen) atoms. The fourth-order valence-corrected chi connectivity index (χ4v) is 1.81. The van der Waals surface area contributed by atoms with E-state index in [4.69, 9.17) is 11.6 Å². The van der Waals surface area contributed by atoms with E-state index in [1.54, 1.807) is 0 Å². The molecule has 0 unspecified atom stereocenters. The average Bonchev–Trinajstić information content (AvgIpc) is 2.46. The Labute approximate surface area is 126 Å². The summed E-state index contributed by atoms with van der Waals surface area (Å²) < 4.78 is 26.4. The number of nitrogens with zero attached hydrogens (tertiary/aromatic N) is 2. The first-order valence-corrected chi connectivity index (χ1v) is 6.92. The van der Waals surface area contributed by atoms with Crippen LogP contribution in [0.25, 0.3) is 0 Å². The Hall–Kier alpha value is -1.95. The van der Waals surface area contributed by atoms with Crippen LogP contribution < -0.4 is 10.6 Å². The molecule has 0 aliphatic rings. The monoisotopic (exact) mass is 312 g/mol. The van der Waals surface area contributed by atoms with Crippen LogP contribution in [-0.4, -0.2) is 16.5 Å². The SMILES string of the molecule is CCCNc1ncc(Cl)c(NCc2ccc(F)cc2F)n1. The molecule has 0 atom stereocenters. The molecular formula is C14H15ClF2N4. The van der Waals surface area contributed by atoms with Crippen LogP contribution in [0.3, 0.4) is 0 Å². The number of halogens is 3. The second-order valence-electron chi connectivity index (χ2n) is 4.41. The molecule has 2 rings (SSSR count). The lowest BCUT2D eigenvalue weighted by Gasteiger charge is -2.10. The summed E-state index contributed by atoms with van der Waals surface area (Å²) in [5.41, 5.74) is 0.328. The van der Waals surface area contributed by atoms with Crippen LogP contribution in [0.2, 0.25) is 5.02 Å². The zero-order valence-corrected chi connectivity index (χ0v) is 12.2. The van der Waals surface area contributed by atoms with Gasteiger partial charge in [0.05, 0.1) is 6.20 Å². The molecule has 0 radical (unpaired) electrons. The van der Waals surface area contributed by atoms with Gasteiger partial charge >= 0.3 is 0 Å². The molecule has 4 nitrogen and oxygen atoms in total. The van der Waals surface area contributed by atoms with Crippen molar-refractivity contribution >= 4 is 23.4 Å². The van der Waals surface area contributed by atoms with Crippen molar-refractivity contribution in [3.8, 4) is 0 Å². The summed E-state index contributed by atoms with van der Waals surface area (Å²) in [5.74, 6) is -0.378. The number of aromatic nitrogens is 2. The second-order valence-corrected chi connectivity index (χ2v) is 4.81. The summed E-state index contributed by atoms with van der Waals surface area (Å²) in [5, 5.41) is 6.29. The van der Waals surface area contributed by atoms with E-state index in [1.807, 2.05) is 6.92 Å². The summed E-state index contributed by atoms with van der Waals surface area (Å²) in [7, 11) is 0. The smallest absolute Gasteiger partial charge is 0.224 e. The van der Waals surface area contributed by atoms with Crippen LogP contribution in [0, 0.1) is 11.6 Å². The van der Waals surface area contributed by atoms with E-state index in [9.17, 15) is 8.78 Å². The van der Waals surface area contributed by atoms with Gasteiger partial charge in [-0.25, -0.2) is 13.8 Å². The zero-order valence-electron chi connectivity index (χ0n) is 11.5. The van der Waals surface area contributed by atoms with Gasteiger partial charge in [-0.2, -0.15) is 4.98 Å². The summed E-state index contributed by atoms with van der Waals surface area (Å²) in [6.45, 7) is 2.92. The fourth-order valence-electron chi connectivity index (χ4n) is 1.66. The van der Waals surface area contributed by atoms with Gasteiger partial charge in [-0.1, -0.05) is 24.6 Å². The lowest BCUT2D eigenvalue weighted by atomic mass is 10.2. The van der Waals surface area contributed by atoms with Gasteiger partial charge in [0.15, 0.2) is 5.82 Å². The minimum atomic E-state index is -0.614. The maximum Gasteiger partial charge on any atom is 0.224 e. The van der Waals surface area contributed by atoms with Crippen molar-refractivity contribution in [3.63, 3.8) is 0 Å². The highest BCUT2D eigenvalue weighted by molar-refractivity contribution is 6.32. The Bertz CT molecular complexity index is 622. The highest BCUT2D eigenvalue weighted by Crippen LogP contribution is 2.20. The van der Waals surface area contributed by atoms with Crippen molar-refractivity contribution < 1.29 is 8.78 Å². The van der Waals surface area contributed by atoms with Crippen molar-refractivity contribution in [3.05, 3.63) is 46.6 Å². The molecule has 0 aliphatic carbocycles. The van der Waals surface area contributed by atoms with Gasteiger partial charge in [-0.3, -0.25) is 0 Å². The fraction of sp³-hybridized carbons (Fsp3) is 0.286. The predicted octanol–water partition coefficient (Wildman–Crippen LogP) is 3.84. The third-order valence-corrected chi connectivity index (χ3v) is 3.02. The van der Waals surface area contributed by atoms with Gasteiger partial charge in [0.2, 0.25) is 5.95 Å². The van der Waals surface area contributed by atoms with E-state index in [0.29, 0.717) is 22.4 Å². The highest BCUT2D eigenvalue weighted by Gasteiger charge is 2.08. The van der Waals surface area contributed by atoms with Crippen molar-refractivity contribution in [1.82, 2.24) is 9.97 Å². The zero-order chi connectivity index (χ0) is 15.2. The van der Waals surface area contributed by atoms with Gasteiger partial charge in [-0.05, 0) is 12.5 Å². The third kappa shape index (κ3) is 4.26. The Balaban J connectivity index is 2.08. The van der Waals surface area contributed by atoms with Crippen LogP contribution >= 0.6 is 11.6 Å². The molecule has 0 bridgehead atoms. The number of hydrogen-bond acceptors (Lipinski definition) is 4. The molecule has 0 spiro atoms. The lowest BCUT2D eigenvalue weighted by molar-refractivity contribution is 0.574. The molecule has 0 aliphatic heterocycles. The van der Waals surface area contributed by atoms with Crippen LogP contribution in [0.1, 0.15) is 18.9 Å². The molecule has 112 valence electrons. The predicted molar refractivity (Wildman–Crippen MR) is 79.5 cm³/mol. The van der Waals surface area contributed by atoms with E-state index in [-0.39, 0.29) is 6.54 Å². The van der Waals surface area contributed by atoms with Crippen LogP contribution in [0.5, 0.6) is 0 Å². The third-order valence-electron chi connectivity index (χ3n) is 2.74. The quantitative estimate of drug-likeness (QED) is 0.851. The van der Waals surface area contributed by atoms with Crippen LogP contribution in [0.4, 0.5) is 20.5 Å². The standard InChI is InChI=1S/C14H15ClF2N4/c1-2-5-18-14-20-8-11(15)13(21-14)19-7-9-3-4-10(16)6-12(9)17/h3-4,6,8H,2,5,7H2,1H3,(H2,18,19,20,21). The first kappa shape index (κ1) is 15.4. The number of hydrogen-bond donors (Lipinski definition) is 2. The summed E-state index contributed by atoms with van der Waals surface area (Å²) in [4.78, 5) is 8.25.